The molecule has 0 spiro atoms. The average molecular weight is 233 g/mol. The first kappa shape index (κ1) is 12.5. The Labute approximate surface area is 91.1 Å². The van der Waals surface area contributed by atoms with Gasteiger partial charge < -0.3 is 5.11 Å². The summed E-state index contributed by atoms with van der Waals surface area (Å²) < 4.78 is 25.0. The molecular weight excluding hydrogens is 220 g/mol. The molecule has 1 rings (SSSR count). The molecule has 0 radical (unpaired) electrons. The van der Waals surface area contributed by atoms with Gasteiger partial charge in [-0.25, -0.2) is 13.5 Å². The molecule has 1 aromatic heterocycles. The van der Waals surface area contributed by atoms with E-state index in [9.17, 15) is 13.6 Å². The highest BCUT2D eigenvalue weighted by atomic mass is 19.3. The first-order valence-corrected chi connectivity index (χ1v) is 4.97. The van der Waals surface area contributed by atoms with Crippen LogP contribution in [0, 0.1) is 0 Å². The average Bonchev–Trinajstić information content (AvgIpc) is 2.59. The van der Waals surface area contributed by atoms with Crippen molar-refractivity contribution in [2.75, 3.05) is 0 Å². The molecule has 0 fully saturated rings. The van der Waals surface area contributed by atoms with Gasteiger partial charge in [-0.3, -0.25) is 4.79 Å². The highest BCUT2D eigenvalue weighted by molar-refractivity contribution is 5.66. The summed E-state index contributed by atoms with van der Waals surface area (Å²) in [6.07, 6.45) is 0.923. The highest BCUT2D eigenvalue weighted by Gasteiger charge is 2.06. The van der Waals surface area contributed by atoms with E-state index in [1.165, 1.54) is 6.20 Å². The quantitative estimate of drug-likeness (QED) is 0.721. The molecule has 0 atom stereocenters. The fourth-order valence-electron chi connectivity index (χ4n) is 1.27. The molecule has 0 aliphatic carbocycles. The van der Waals surface area contributed by atoms with Crippen LogP contribution < -0.4 is 0 Å². The topological polar surface area (TPSA) is 68.0 Å². The number of hydrogen-bond acceptors (Lipinski definition) is 3. The molecule has 16 heavy (non-hydrogen) atoms. The summed E-state index contributed by atoms with van der Waals surface area (Å²) in [5.74, 6) is -0.832. The second-order valence-electron chi connectivity index (χ2n) is 3.42. The molecule has 0 unspecified atom stereocenters. The zero-order valence-electron chi connectivity index (χ0n) is 8.64. The molecule has 1 aromatic rings. The maximum atomic E-state index is 12.0. The van der Waals surface area contributed by atoms with Crippen molar-refractivity contribution >= 4 is 5.97 Å². The van der Waals surface area contributed by atoms with Gasteiger partial charge in [-0.15, -0.1) is 5.10 Å². The third-order valence-corrected chi connectivity index (χ3v) is 1.98. The van der Waals surface area contributed by atoms with Crippen molar-refractivity contribution in [2.24, 2.45) is 0 Å². The predicted molar refractivity (Wildman–Crippen MR) is 51.2 cm³/mol. The Balaban J connectivity index is 2.26. The molecule has 0 aliphatic rings. The van der Waals surface area contributed by atoms with E-state index < -0.39 is 18.9 Å². The first-order chi connectivity index (χ1) is 7.58. The zero-order valence-corrected chi connectivity index (χ0v) is 8.64. The number of aromatic nitrogens is 3. The molecule has 5 nitrogen and oxygen atoms in total. The molecule has 90 valence electrons. The number of hydrogen-bond donors (Lipinski definition) is 1. The van der Waals surface area contributed by atoms with E-state index in [-0.39, 0.29) is 6.42 Å². The molecular formula is C9H13F2N3O2. The maximum absolute atomic E-state index is 12.0. The lowest BCUT2D eigenvalue weighted by molar-refractivity contribution is -0.137. The van der Waals surface area contributed by atoms with E-state index in [0.717, 1.165) is 4.68 Å². The minimum absolute atomic E-state index is 0.116. The lowest BCUT2D eigenvalue weighted by atomic mass is 10.1. The molecule has 0 saturated heterocycles. The smallest absolute Gasteiger partial charge is 0.303 e. The van der Waals surface area contributed by atoms with Crippen LogP contribution in [0.25, 0.3) is 0 Å². The summed E-state index contributed by atoms with van der Waals surface area (Å²) in [6, 6.07) is 0. The van der Waals surface area contributed by atoms with Crippen molar-refractivity contribution in [3.05, 3.63) is 11.9 Å². The summed E-state index contributed by atoms with van der Waals surface area (Å²) in [7, 11) is 0. The number of carboxylic acid groups (broad SMARTS) is 1. The van der Waals surface area contributed by atoms with Crippen LogP contribution in [0.3, 0.4) is 0 Å². The van der Waals surface area contributed by atoms with Gasteiger partial charge >= 0.3 is 5.97 Å². The van der Waals surface area contributed by atoms with Gasteiger partial charge in [-0.05, 0) is 19.3 Å². The van der Waals surface area contributed by atoms with Crippen LogP contribution >= 0.6 is 0 Å². The third-order valence-electron chi connectivity index (χ3n) is 1.98. The Kier molecular flexibility index (Phi) is 4.81. The van der Waals surface area contributed by atoms with E-state index in [4.69, 9.17) is 5.11 Å². The first-order valence-electron chi connectivity index (χ1n) is 4.97. The minimum Gasteiger partial charge on any atom is -0.481 e. The van der Waals surface area contributed by atoms with Crippen LogP contribution in [0.15, 0.2) is 6.20 Å². The number of unbranched alkanes of at least 4 members (excludes halogenated alkanes) is 1. The van der Waals surface area contributed by atoms with Gasteiger partial charge in [-0.2, -0.15) is 0 Å². The van der Waals surface area contributed by atoms with Gasteiger partial charge in [-0.1, -0.05) is 5.21 Å². The van der Waals surface area contributed by atoms with Crippen molar-refractivity contribution in [2.45, 2.75) is 38.7 Å². The number of alkyl halides is 2. The fraction of sp³-hybridized carbons (Fsp3) is 0.667. The number of aliphatic carboxylic acids is 1. The minimum atomic E-state index is -2.44. The summed E-state index contributed by atoms with van der Waals surface area (Å²) >= 11 is 0. The van der Waals surface area contributed by atoms with Crippen molar-refractivity contribution in [1.82, 2.24) is 15.0 Å². The molecule has 0 aromatic carbocycles. The number of carbonyl (C=O) groups is 1. The molecule has 0 aliphatic heterocycles. The largest absolute Gasteiger partial charge is 0.481 e. The number of nitrogens with zero attached hydrogens (tertiary/aromatic N) is 3. The van der Waals surface area contributed by atoms with Crippen molar-refractivity contribution in [3.63, 3.8) is 0 Å². The van der Waals surface area contributed by atoms with E-state index in [1.807, 2.05) is 0 Å². The Morgan fingerprint density at radius 3 is 2.88 bits per heavy atom. The van der Waals surface area contributed by atoms with Crippen molar-refractivity contribution in [1.29, 1.82) is 0 Å². The fourth-order valence-corrected chi connectivity index (χ4v) is 1.27. The van der Waals surface area contributed by atoms with Gasteiger partial charge in [0.05, 0.1) is 5.69 Å². The van der Waals surface area contributed by atoms with E-state index >= 15 is 0 Å². The lowest BCUT2D eigenvalue weighted by Crippen LogP contribution is -2.06. The van der Waals surface area contributed by atoms with E-state index in [0.29, 0.717) is 25.0 Å². The van der Waals surface area contributed by atoms with Gasteiger partial charge in [0.1, 0.15) is 6.54 Å². The summed E-state index contributed by atoms with van der Waals surface area (Å²) in [5.41, 5.74) is 0.617. The lowest BCUT2D eigenvalue weighted by Gasteiger charge is -1.96. The number of rotatable bonds is 7. The SMILES string of the molecule is O=C(O)CCCCc1cn(CC(F)F)nn1. The second kappa shape index (κ2) is 6.14. The number of carboxylic acids is 1. The van der Waals surface area contributed by atoms with Crippen LogP contribution in [-0.2, 0) is 17.8 Å². The molecule has 0 bridgehead atoms. The van der Waals surface area contributed by atoms with Crippen LogP contribution in [0.2, 0.25) is 0 Å². The van der Waals surface area contributed by atoms with E-state index in [1.54, 1.807) is 0 Å². The molecule has 1 heterocycles. The van der Waals surface area contributed by atoms with Crippen LogP contribution in [-0.4, -0.2) is 32.5 Å². The maximum Gasteiger partial charge on any atom is 0.303 e. The van der Waals surface area contributed by atoms with Crippen LogP contribution in [0.5, 0.6) is 0 Å². The van der Waals surface area contributed by atoms with Crippen LogP contribution in [0.1, 0.15) is 25.0 Å². The number of halogens is 2. The molecule has 7 heteroatoms. The molecule has 1 N–H and O–H groups in total. The standard InChI is InChI=1S/C9H13F2N3O2/c10-8(11)6-14-5-7(12-13-14)3-1-2-4-9(15)16/h5,8H,1-4,6H2,(H,15,16). The zero-order chi connectivity index (χ0) is 12.0. The summed E-state index contributed by atoms with van der Waals surface area (Å²) in [6.45, 7) is -0.456. The van der Waals surface area contributed by atoms with Crippen molar-refractivity contribution in [3.8, 4) is 0 Å². The van der Waals surface area contributed by atoms with Gasteiger partial charge in [0.15, 0.2) is 0 Å². The monoisotopic (exact) mass is 233 g/mol. The predicted octanol–water partition coefficient (Wildman–Crippen LogP) is 1.34. The Bertz CT molecular complexity index is 341. The third kappa shape index (κ3) is 4.81. The van der Waals surface area contributed by atoms with Gasteiger partial charge in [0.2, 0.25) is 0 Å². The Morgan fingerprint density at radius 1 is 1.50 bits per heavy atom. The molecule has 0 amide bonds. The van der Waals surface area contributed by atoms with Gasteiger partial charge in [0, 0.05) is 12.6 Å². The summed E-state index contributed by atoms with van der Waals surface area (Å²) in [4.78, 5) is 10.2. The second-order valence-corrected chi connectivity index (χ2v) is 3.42. The summed E-state index contributed by atoms with van der Waals surface area (Å²) in [5, 5.41) is 15.7. The van der Waals surface area contributed by atoms with Gasteiger partial charge in [0.25, 0.3) is 6.43 Å². The Morgan fingerprint density at radius 2 is 2.25 bits per heavy atom. The Hall–Kier alpha value is -1.53. The van der Waals surface area contributed by atoms with Crippen molar-refractivity contribution < 1.29 is 18.7 Å². The highest BCUT2D eigenvalue weighted by Crippen LogP contribution is 2.04. The van der Waals surface area contributed by atoms with E-state index in [2.05, 4.69) is 10.3 Å². The molecule has 0 saturated carbocycles. The number of aryl methyl sites for hydroxylation is 1. The normalized spacial score (nSPS) is 10.9. The van der Waals surface area contributed by atoms with Crippen LogP contribution in [0.4, 0.5) is 8.78 Å².